The van der Waals surface area contributed by atoms with Crippen LogP contribution in [0.1, 0.15) is 69.1 Å². The monoisotopic (exact) mass is 418 g/mol. The average Bonchev–Trinajstić information content (AvgIpc) is 3.02. The maximum atomic E-state index is 12.7. The molecule has 0 atom stereocenters. The van der Waals surface area contributed by atoms with E-state index in [-0.39, 0.29) is 22.0 Å². The predicted octanol–water partition coefficient (Wildman–Crippen LogP) is 4.15. The first kappa shape index (κ1) is 22.4. The van der Waals surface area contributed by atoms with Gasteiger partial charge in [-0.1, -0.05) is 25.8 Å². The summed E-state index contributed by atoms with van der Waals surface area (Å²) in [5.41, 5.74) is 6.34. The van der Waals surface area contributed by atoms with Crippen LogP contribution < -0.4 is 15.8 Å². The van der Waals surface area contributed by atoms with Crippen molar-refractivity contribution in [2.24, 2.45) is 5.73 Å². The van der Waals surface area contributed by atoms with Gasteiger partial charge in [-0.25, -0.2) is 4.79 Å². The number of rotatable bonds is 10. The fraction of sp³-hybridized carbons (Fsp3) is 0.381. The average molecular weight is 419 g/mol. The molecule has 0 radical (unpaired) electrons. The Morgan fingerprint density at radius 1 is 1.17 bits per heavy atom. The Bertz CT molecular complexity index is 891. The lowest BCUT2D eigenvalue weighted by Gasteiger charge is -2.08. The van der Waals surface area contributed by atoms with Crippen LogP contribution in [0.2, 0.25) is 0 Å². The molecule has 0 aliphatic carbocycles. The number of ether oxygens (including phenoxy) is 2. The maximum Gasteiger partial charge on any atom is 0.348 e. The van der Waals surface area contributed by atoms with Crippen molar-refractivity contribution in [3.8, 4) is 5.75 Å². The first-order valence-electron chi connectivity index (χ1n) is 9.53. The Morgan fingerprint density at radius 2 is 1.93 bits per heavy atom. The summed E-state index contributed by atoms with van der Waals surface area (Å²) in [6.45, 7) is 6.19. The third kappa shape index (κ3) is 5.80. The predicted molar refractivity (Wildman–Crippen MR) is 113 cm³/mol. The summed E-state index contributed by atoms with van der Waals surface area (Å²) in [6, 6.07) is 6.79. The van der Waals surface area contributed by atoms with E-state index >= 15 is 0 Å². The molecular formula is C21H26N2O5S. The van der Waals surface area contributed by atoms with Crippen LogP contribution in [-0.2, 0) is 4.74 Å². The molecule has 2 amide bonds. The summed E-state index contributed by atoms with van der Waals surface area (Å²) < 4.78 is 10.7. The van der Waals surface area contributed by atoms with Crippen LogP contribution in [0.25, 0.3) is 0 Å². The molecule has 0 bridgehead atoms. The lowest BCUT2D eigenvalue weighted by atomic mass is 10.1. The fourth-order valence-electron chi connectivity index (χ4n) is 2.73. The van der Waals surface area contributed by atoms with E-state index in [9.17, 15) is 14.4 Å². The van der Waals surface area contributed by atoms with E-state index in [1.807, 2.05) is 0 Å². The van der Waals surface area contributed by atoms with Crippen molar-refractivity contribution < 1.29 is 23.9 Å². The van der Waals surface area contributed by atoms with Crippen molar-refractivity contribution in [3.63, 3.8) is 0 Å². The van der Waals surface area contributed by atoms with E-state index in [0.717, 1.165) is 30.6 Å². The van der Waals surface area contributed by atoms with E-state index in [4.69, 9.17) is 15.2 Å². The van der Waals surface area contributed by atoms with Crippen LogP contribution in [0, 0.1) is 6.92 Å². The van der Waals surface area contributed by atoms with Crippen molar-refractivity contribution >= 4 is 34.1 Å². The molecule has 2 rings (SSSR count). The SMILES string of the molecule is CCCCCOc1cccc(C(=O)Nc2sc(C(=O)OCC)c(C)c2C(N)=O)c1. The topological polar surface area (TPSA) is 108 Å². The number of hydrogen-bond donors (Lipinski definition) is 2. The van der Waals surface area contributed by atoms with Crippen molar-refractivity contribution in [1.82, 2.24) is 0 Å². The van der Waals surface area contributed by atoms with Crippen LogP contribution in [0.3, 0.4) is 0 Å². The number of unbranched alkanes of at least 4 members (excludes halogenated alkanes) is 2. The molecule has 156 valence electrons. The van der Waals surface area contributed by atoms with Gasteiger partial charge in [0.05, 0.1) is 18.8 Å². The highest BCUT2D eigenvalue weighted by Gasteiger charge is 2.25. The number of anilines is 1. The van der Waals surface area contributed by atoms with E-state index in [1.54, 1.807) is 38.1 Å². The smallest absolute Gasteiger partial charge is 0.348 e. The number of amides is 2. The third-order valence-corrected chi connectivity index (χ3v) is 5.38. The van der Waals surface area contributed by atoms with Crippen LogP contribution in [0.15, 0.2) is 24.3 Å². The number of thiophene rings is 1. The molecule has 0 aliphatic rings. The number of nitrogens with one attached hydrogen (secondary N) is 1. The molecule has 7 nitrogen and oxygen atoms in total. The number of hydrogen-bond acceptors (Lipinski definition) is 6. The molecule has 29 heavy (non-hydrogen) atoms. The Hall–Kier alpha value is -2.87. The first-order chi connectivity index (χ1) is 13.9. The Balaban J connectivity index is 2.21. The summed E-state index contributed by atoms with van der Waals surface area (Å²) >= 11 is 0.970. The molecule has 1 aromatic carbocycles. The van der Waals surface area contributed by atoms with Crippen molar-refractivity contribution in [2.75, 3.05) is 18.5 Å². The Labute approximate surface area is 174 Å². The van der Waals surface area contributed by atoms with E-state index in [0.29, 0.717) is 23.5 Å². The Morgan fingerprint density at radius 3 is 2.59 bits per heavy atom. The number of carbonyl (C=O) groups excluding carboxylic acids is 3. The van der Waals surface area contributed by atoms with Crippen LogP contribution in [-0.4, -0.2) is 31.0 Å². The second-order valence-corrected chi connectivity index (χ2v) is 7.40. The van der Waals surface area contributed by atoms with Gasteiger partial charge < -0.3 is 20.5 Å². The number of benzene rings is 1. The largest absolute Gasteiger partial charge is 0.494 e. The van der Waals surface area contributed by atoms with Gasteiger partial charge in [0.1, 0.15) is 15.6 Å². The van der Waals surface area contributed by atoms with Crippen LogP contribution in [0.5, 0.6) is 5.75 Å². The van der Waals surface area contributed by atoms with Gasteiger partial charge in [0.2, 0.25) is 0 Å². The van der Waals surface area contributed by atoms with Crippen molar-refractivity contribution in [1.29, 1.82) is 0 Å². The highest BCUT2D eigenvalue weighted by atomic mass is 32.1. The zero-order valence-electron chi connectivity index (χ0n) is 16.9. The fourth-order valence-corrected chi connectivity index (χ4v) is 3.84. The molecule has 1 aromatic heterocycles. The minimum atomic E-state index is -0.724. The van der Waals surface area contributed by atoms with E-state index < -0.39 is 17.8 Å². The molecule has 0 fully saturated rings. The molecule has 8 heteroatoms. The van der Waals surface area contributed by atoms with Gasteiger partial charge in [0.25, 0.3) is 11.8 Å². The quantitative estimate of drug-likeness (QED) is 0.445. The number of carbonyl (C=O) groups is 3. The normalized spacial score (nSPS) is 10.4. The molecule has 2 aromatic rings. The Kier molecular flexibility index (Phi) is 8.21. The zero-order valence-corrected chi connectivity index (χ0v) is 17.7. The second-order valence-electron chi connectivity index (χ2n) is 6.38. The van der Waals surface area contributed by atoms with Gasteiger partial charge in [-0.2, -0.15) is 0 Å². The molecule has 3 N–H and O–H groups in total. The number of nitrogens with two attached hydrogens (primary N) is 1. The first-order valence-corrected chi connectivity index (χ1v) is 10.3. The van der Waals surface area contributed by atoms with Gasteiger partial charge in [0.15, 0.2) is 0 Å². The summed E-state index contributed by atoms with van der Waals surface area (Å²) in [7, 11) is 0. The molecule has 0 saturated heterocycles. The zero-order chi connectivity index (χ0) is 21.4. The lowest BCUT2D eigenvalue weighted by molar-refractivity contribution is 0.0531. The highest BCUT2D eigenvalue weighted by molar-refractivity contribution is 7.18. The molecule has 0 saturated carbocycles. The minimum Gasteiger partial charge on any atom is -0.494 e. The standard InChI is InChI=1S/C21H26N2O5S/c1-4-6-7-11-28-15-10-8-9-14(12-15)19(25)23-20-16(18(22)24)13(3)17(29-20)21(26)27-5-2/h8-10,12H,4-7,11H2,1-3H3,(H2,22,24)(H,23,25). The third-order valence-electron chi connectivity index (χ3n) is 4.19. The number of primary amides is 1. The summed E-state index contributed by atoms with van der Waals surface area (Å²) in [4.78, 5) is 36.9. The van der Waals surface area contributed by atoms with Gasteiger partial charge in [0, 0.05) is 5.56 Å². The van der Waals surface area contributed by atoms with Crippen LogP contribution in [0.4, 0.5) is 5.00 Å². The highest BCUT2D eigenvalue weighted by Crippen LogP contribution is 2.33. The molecule has 0 spiro atoms. The van der Waals surface area contributed by atoms with E-state index in [2.05, 4.69) is 12.2 Å². The van der Waals surface area contributed by atoms with Crippen molar-refractivity contribution in [3.05, 3.63) is 45.8 Å². The number of esters is 1. The summed E-state index contributed by atoms with van der Waals surface area (Å²) in [6.07, 6.45) is 3.12. The molecule has 1 heterocycles. The minimum absolute atomic E-state index is 0.110. The molecule has 0 aliphatic heterocycles. The van der Waals surface area contributed by atoms with Crippen LogP contribution >= 0.6 is 11.3 Å². The summed E-state index contributed by atoms with van der Waals surface area (Å²) in [5.74, 6) is -1.11. The molecule has 0 unspecified atom stereocenters. The second kappa shape index (κ2) is 10.6. The van der Waals surface area contributed by atoms with Gasteiger partial charge in [-0.3, -0.25) is 9.59 Å². The maximum absolute atomic E-state index is 12.7. The van der Waals surface area contributed by atoms with Gasteiger partial charge in [-0.05, 0) is 44.0 Å². The summed E-state index contributed by atoms with van der Waals surface area (Å²) in [5, 5.41) is 2.91. The molecular weight excluding hydrogens is 392 g/mol. The van der Waals surface area contributed by atoms with Crippen molar-refractivity contribution in [2.45, 2.75) is 40.0 Å². The van der Waals surface area contributed by atoms with Gasteiger partial charge >= 0.3 is 5.97 Å². The van der Waals surface area contributed by atoms with E-state index in [1.165, 1.54) is 0 Å². The van der Waals surface area contributed by atoms with Gasteiger partial charge in [-0.15, -0.1) is 11.3 Å². The lowest BCUT2D eigenvalue weighted by Crippen LogP contribution is -2.17.